The van der Waals surface area contributed by atoms with Crippen molar-refractivity contribution in [1.29, 1.82) is 0 Å². The first-order valence-electron chi connectivity index (χ1n) is 9.16. The number of ether oxygens (including phenoxy) is 3. The molecule has 0 saturated heterocycles. The molecule has 2 aromatic carbocycles. The number of aryl methyl sites for hydroxylation is 1. The van der Waals surface area contributed by atoms with Crippen molar-refractivity contribution >= 4 is 22.7 Å². The summed E-state index contributed by atoms with van der Waals surface area (Å²) in [5, 5.41) is 0.526. The number of hydrogen-bond acceptors (Lipinski definition) is 7. The van der Waals surface area contributed by atoms with Crippen LogP contribution in [0.5, 0.6) is 11.5 Å². The normalized spacial score (nSPS) is 12.1. The van der Waals surface area contributed by atoms with E-state index in [1.165, 1.54) is 0 Å². The van der Waals surface area contributed by atoms with E-state index in [-0.39, 0.29) is 31.2 Å². The second-order valence-electron chi connectivity index (χ2n) is 6.54. The number of para-hydroxylation sites is 1. The quantitative estimate of drug-likeness (QED) is 0.484. The summed E-state index contributed by atoms with van der Waals surface area (Å²) in [6.45, 7) is -0.219. The lowest BCUT2D eigenvalue weighted by Crippen LogP contribution is -2.15. The van der Waals surface area contributed by atoms with Crippen LogP contribution in [0.4, 0.5) is 0 Å². The summed E-state index contributed by atoms with van der Waals surface area (Å²) in [5.74, 6) is 0.787. The van der Waals surface area contributed by atoms with Crippen molar-refractivity contribution in [2.75, 3.05) is 13.4 Å². The summed E-state index contributed by atoms with van der Waals surface area (Å²) in [5.41, 5.74) is 0.797. The number of nitrogens with one attached hydrogen (secondary N) is 1. The molecule has 2 heterocycles. The van der Waals surface area contributed by atoms with Gasteiger partial charge in [0.2, 0.25) is 6.79 Å². The summed E-state index contributed by atoms with van der Waals surface area (Å²) >= 11 is 0. The van der Waals surface area contributed by atoms with Crippen LogP contribution in [-0.2, 0) is 16.0 Å². The highest BCUT2D eigenvalue weighted by Gasteiger charge is 2.17. The molecule has 0 atom stereocenters. The Balaban J connectivity index is 1.26. The number of esters is 1. The highest BCUT2D eigenvalue weighted by atomic mass is 16.7. The number of hydrogen-bond donors (Lipinski definition) is 1. The van der Waals surface area contributed by atoms with Crippen molar-refractivity contribution in [3.8, 4) is 11.5 Å². The second-order valence-corrected chi connectivity index (χ2v) is 6.54. The first-order valence-corrected chi connectivity index (χ1v) is 9.16. The van der Waals surface area contributed by atoms with Crippen LogP contribution in [0, 0.1) is 0 Å². The standard InChI is InChI=1S/C21H18N2O6/c24-16(13-8-9-17-18(10-13)29-12-28-17)11-27-20(25)7-3-6-19-22-15-5-2-1-4-14(15)21(26)23-19/h1-2,4-5,8-10H,3,6-7,11-12H2,(H,22,23,26). The van der Waals surface area contributed by atoms with Gasteiger partial charge in [0.15, 0.2) is 23.9 Å². The molecule has 29 heavy (non-hydrogen) atoms. The Morgan fingerprint density at radius 2 is 1.93 bits per heavy atom. The van der Waals surface area contributed by atoms with E-state index in [9.17, 15) is 14.4 Å². The molecule has 0 saturated carbocycles. The third-order valence-corrected chi connectivity index (χ3v) is 4.52. The zero-order chi connectivity index (χ0) is 20.2. The van der Waals surface area contributed by atoms with E-state index in [2.05, 4.69) is 9.97 Å². The molecular weight excluding hydrogens is 376 g/mol. The molecule has 0 amide bonds. The molecular formula is C21H18N2O6. The second kappa shape index (κ2) is 8.14. The molecule has 1 aromatic heterocycles. The van der Waals surface area contributed by atoms with Crippen molar-refractivity contribution in [2.45, 2.75) is 19.3 Å². The number of ketones is 1. The maximum absolute atomic E-state index is 12.2. The van der Waals surface area contributed by atoms with E-state index in [1.807, 2.05) is 6.07 Å². The number of rotatable bonds is 7. The van der Waals surface area contributed by atoms with E-state index in [0.717, 1.165) is 0 Å². The van der Waals surface area contributed by atoms with E-state index in [0.29, 0.717) is 46.6 Å². The average Bonchev–Trinajstić information content (AvgIpc) is 3.20. The van der Waals surface area contributed by atoms with E-state index in [4.69, 9.17) is 14.2 Å². The van der Waals surface area contributed by atoms with Crippen LogP contribution in [0.2, 0.25) is 0 Å². The van der Waals surface area contributed by atoms with Crippen LogP contribution in [0.15, 0.2) is 47.3 Å². The summed E-state index contributed by atoms with van der Waals surface area (Å²) in [6, 6.07) is 11.9. The van der Waals surface area contributed by atoms with Crippen molar-refractivity contribution < 1.29 is 23.8 Å². The number of carbonyl (C=O) groups excluding carboxylic acids is 2. The van der Waals surface area contributed by atoms with Gasteiger partial charge in [0.25, 0.3) is 5.56 Å². The number of aromatic amines is 1. The fraction of sp³-hybridized carbons (Fsp3) is 0.238. The topological polar surface area (TPSA) is 108 Å². The average molecular weight is 394 g/mol. The van der Waals surface area contributed by atoms with E-state index in [1.54, 1.807) is 36.4 Å². The fourth-order valence-electron chi connectivity index (χ4n) is 3.02. The van der Waals surface area contributed by atoms with Gasteiger partial charge in [-0.15, -0.1) is 0 Å². The van der Waals surface area contributed by atoms with Gasteiger partial charge in [-0.3, -0.25) is 14.4 Å². The van der Waals surface area contributed by atoms with Crippen molar-refractivity contribution in [2.24, 2.45) is 0 Å². The smallest absolute Gasteiger partial charge is 0.306 e. The maximum atomic E-state index is 12.2. The first-order chi connectivity index (χ1) is 14.1. The lowest BCUT2D eigenvalue weighted by Gasteiger charge is -2.06. The number of carbonyl (C=O) groups is 2. The van der Waals surface area contributed by atoms with E-state index >= 15 is 0 Å². The fourth-order valence-corrected chi connectivity index (χ4v) is 3.02. The Morgan fingerprint density at radius 1 is 1.10 bits per heavy atom. The van der Waals surface area contributed by atoms with Gasteiger partial charge >= 0.3 is 5.97 Å². The third kappa shape index (κ3) is 4.26. The predicted octanol–water partition coefficient (Wildman–Crippen LogP) is 2.40. The number of benzene rings is 2. The third-order valence-electron chi connectivity index (χ3n) is 4.52. The number of H-pyrrole nitrogens is 1. The zero-order valence-electron chi connectivity index (χ0n) is 15.5. The molecule has 8 heteroatoms. The zero-order valence-corrected chi connectivity index (χ0v) is 15.5. The number of fused-ring (bicyclic) bond motifs is 2. The minimum atomic E-state index is -0.484. The molecule has 0 unspecified atom stereocenters. The molecule has 0 fully saturated rings. The highest BCUT2D eigenvalue weighted by molar-refractivity contribution is 5.98. The Bertz CT molecular complexity index is 1140. The van der Waals surface area contributed by atoms with Crippen molar-refractivity contribution in [3.05, 3.63) is 64.2 Å². The molecule has 0 bridgehead atoms. The lowest BCUT2D eigenvalue weighted by atomic mass is 10.1. The van der Waals surface area contributed by atoms with Crippen LogP contribution in [0.3, 0.4) is 0 Å². The lowest BCUT2D eigenvalue weighted by molar-refractivity contribution is -0.142. The summed E-state index contributed by atoms with van der Waals surface area (Å²) in [7, 11) is 0. The minimum absolute atomic E-state index is 0.116. The Hall–Kier alpha value is -3.68. The summed E-state index contributed by atoms with van der Waals surface area (Å²) < 4.78 is 15.5. The number of aromatic nitrogens is 2. The molecule has 1 N–H and O–H groups in total. The monoisotopic (exact) mass is 394 g/mol. The molecule has 148 valence electrons. The number of nitrogens with zero attached hydrogens (tertiary/aromatic N) is 1. The van der Waals surface area contributed by atoms with Gasteiger partial charge in [0, 0.05) is 18.4 Å². The molecule has 1 aliphatic rings. The molecule has 3 aromatic rings. The van der Waals surface area contributed by atoms with Crippen LogP contribution < -0.4 is 15.0 Å². The predicted molar refractivity (Wildman–Crippen MR) is 103 cm³/mol. The molecule has 8 nitrogen and oxygen atoms in total. The largest absolute Gasteiger partial charge is 0.457 e. The van der Waals surface area contributed by atoms with Crippen LogP contribution in [-0.4, -0.2) is 35.1 Å². The Morgan fingerprint density at radius 3 is 2.83 bits per heavy atom. The van der Waals surface area contributed by atoms with Gasteiger partial charge in [-0.05, 0) is 36.8 Å². The molecule has 0 aliphatic carbocycles. The van der Waals surface area contributed by atoms with E-state index < -0.39 is 5.97 Å². The van der Waals surface area contributed by atoms with Crippen molar-refractivity contribution in [1.82, 2.24) is 9.97 Å². The Labute approximate surface area is 165 Å². The van der Waals surface area contributed by atoms with Crippen LogP contribution in [0.25, 0.3) is 10.9 Å². The van der Waals surface area contributed by atoms with Gasteiger partial charge in [-0.25, -0.2) is 4.98 Å². The minimum Gasteiger partial charge on any atom is -0.457 e. The van der Waals surface area contributed by atoms with Crippen molar-refractivity contribution in [3.63, 3.8) is 0 Å². The van der Waals surface area contributed by atoms with Gasteiger partial charge in [-0.1, -0.05) is 12.1 Å². The maximum Gasteiger partial charge on any atom is 0.306 e. The van der Waals surface area contributed by atoms with Gasteiger partial charge in [-0.2, -0.15) is 0 Å². The van der Waals surface area contributed by atoms with Crippen LogP contribution in [0.1, 0.15) is 29.0 Å². The molecule has 1 aliphatic heterocycles. The highest BCUT2D eigenvalue weighted by Crippen LogP contribution is 2.32. The van der Waals surface area contributed by atoms with Gasteiger partial charge < -0.3 is 19.2 Å². The van der Waals surface area contributed by atoms with Gasteiger partial charge in [0.05, 0.1) is 10.9 Å². The van der Waals surface area contributed by atoms with Gasteiger partial charge in [0.1, 0.15) is 5.82 Å². The number of Topliss-reactive ketones (excluding diaryl/α,β-unsaturated/α-hetero) is 1. The summed E-state index contributed by atoms with van der Waals surface area (Å²) in [4.78, 5) is 43.3. The summed E-state index contributed by atoms with van der Waals surface area (Å²) in [6.07, 6.45) is 0.981. The molecule has 0 spiro atoms. The Kier molecular flexibility index (Phi) is 5.24. The first kappa shape index (κ1) is 18.7. The molecule has 0 radical (unpaired) electrons. The molecule has 4 rings (SSSR count). The van der Waals surface area contributed by atoms with Crippen LogP contribution >= 0.6 is 0 Å². The SMILES string of the molecule is O=C(CCCc1nc2ccccc2c(=O)[nH]1)OCC(=O)c1ccc2c(c1)OCO2.